The fourth-order valence-corrected chi connectivity index (χ4v) is 5.40. The van der Waals surface area contributed by atoms with E-state index in [2.05, 4.69) is 35.6 Å². The van der Waals surface area contributed by atoms with E-state index < -0.39 is 0 Å². The third-order valence-corrected chi connectivity index (χ3v) is 7.68. The molecule has 4 aromatic rings. The minimum absolute atomic E-state index is 0.0172. The number of halogens is 2. The van der Waals surface area contributed by atoms with Gasteiger partial charge in [0.25, 0.3) is 0 Å². The van der Waals surface area contributed by atoms with E-state index in [0.29, 0.717) is 57.6 Å². The van der Waals surface area contributed by atoms with Crippen LogP contribution < -0.4 is 10.6 Å². The van der Waals surface area contributed by atoms with Gasteiger partial charge in [-0.05, 0) is 69.7 Å². The lowest BCUT2D eigenvalue weighted by atomic mass is 9.99. The highest BCUT2D eigenvalue weighted by atomic mass is 35.5. The number of hydrogen-bond donors (Lipinski definition) is 1. The van der Waals surface area contributed by atoms with E-state index in [1.54, 1.807) is 49.8 Å². The van der Waals surface area contributed by atoms with Crippen LogP contribution in [0.3, 0.4) is 0 Å². The zero-order valence-electron chi connectivity index (χ0n) is 22.9. The van der Waals surface area contributed by atoms with Crippen LogP contribution in [0.2, 0.25) is 5.02 Å². The van der Waals surface area contributed by atoms with E-state index in [-0.39, 0.29) is 22.8 Å². The SMILES string of the molecule is Cc1cc(-c2ccc(-n3ccn(C)c3=O)c(Cl)c2)c(O)c(-c2ccc(F)c(N3CCN(C(C)(C)C)CC3)c2)n1. The maximum absolute atomic E-state index is 15.0. The second-order valence-corrected chi connectivity index (χ2v) is 11.5. The number of hydrogen-bond acceptors (Lipinski definition) is 5. The van der Waals surface area contributed by atoms with E-state index >= 15 is 0 Å². The number of aromatic hydroxyl groups is 1. The molecule has 9 heteroatoms. The van der Waals surface area contributed by atoms with Gasteiger partial charge in [0.15, 0.2) is 0 Å². The Kier molecular flexibility index (Phi) is 7.03. The largest absolute Gasteiger partial charge is 0.505 e. The molecule has 204 valence electrons. The molecule has 1 aliphatic heterocycles. The topological polar surface area (TPSA) is 66.5 Å². The van der Waals surface area contributed by atoms with Crippen molar-refractivity contribution < 1.29 is 9.50 Å². The fraction of sp³-hybridized carbons (Fsp3) is 0.333. The normalized spacial score (nSPS) is 14.7. The average Bonchev–Trinajstić information content (AvgIpc) is 3.22. The van der Waals surface area contributed by atoms with Crippen LogP contribution in [0, 0.1) is 12.7 Å². The number of aromatic nitrogens is 3. The maximum atomic E-state index is 15.0. The molecule has 1 saturated heterocycles. The summed E-state index contributed by atoms with van der Waals surface area (Å²) in [4.78, 5) is 21.5. The lowest BCUT2D eigenvalue weighted by molar-refractivity contribution is 0.128. The Bertz CT molecular complexity index is 1600. The summed E-state index contributed by atoms with van der Waals surface area (Å²) in [5.74, 6) is -0.315. The molecule has 0 amide bonds. The molecule has 0 saturated carbocycles. The summed E-state index contributed by atoms with van der Waals surface area (Å²) in [7, 11) is 1.67. The maximum Gasteiger partial charge on any atom is 0.332 e. The van der Waals surface area contributed by atoms with E-state index in [1.807, 2.05) is 13.0 Å². The Balaban J connectivity index is 1.50. The molecule has 0 unspecified atom stereocenters. The van der Waals surface area contributed by atoms with Crippen LogP contribution in [-0.4, -0.2) is 55.8 Å². The highest BCUT2D eigenvalue weighted by molar-refractivity contribution is 6.32. The molecule has 1 aliphatic rings. The zero-order chi connectivity index (χ0) is 28.1. The van der Waals surface area contributed by atoms with Crippen LogP contribution in [0.4, 0.5) is 10.1 Å². The van der Waals surface area contributed by atoms with Gasteiger partial charge in [-0.25, -0.2) is 14.2 Å². The van der Waals surface area contributed by atoms with Crippen LogP contribution in [0.5, 0.6) is 5.75 Å². The van der Waals surface area contributed by atoms with Gasteiger partial charge >= 0.3 is 5.69 Å². The monoisotopic (exact) mass is 549 g/mol. The molecule has 0 spiro atoms. The van der Waals surface area contributed by atoms with E-state index in [9.17, 15) is 14.3 Å². The summed E-state index contributed by atoms with van der Waals surface area (Å²) < 4.78 is 17.9. The van der Waals surface area contributed by atoms with Gasteiger partial charge in [0.05, 0.1) is 16.4 Å². The number of anilines is 1. The van der Waals surface area contributed by atoms with Gasteiger partial charge < -0.3 is 14.6 Å². The number of benzene rings is 2. The zero-order valence-corrected chi connectivity index (χ0v) is 23.6. The van der Waals surface area contributed by atoms with Crippen molar-refractivity contribution in [2.24, 2.45) is 7.05 Å². The number of nitrogens with zero attached hydrogens (tertiary/aromatic N) is 5. The first kappa shape index (κ1) is 27.0. The van der Waals surface area contributed by atoms with Crippen molar-refractivity contribution in [2.45, 2.75) is 33.2 Å². The first-order chi connectivity index (χ1) is 18.4. The third-order valence-electron chi connectivity index (χ3n) is 7.37. The van der Waals surface area contributed by atoms with Gasteiger partial charge in [-0.15, -0.1) is 0 Å². The lowest BCUT2D eigenvalue weighted by Gasteiger charge is -2.43. The molecule has 0 aliphatic carbocycles. The lowest BCUT2D eigenvalue weighted by Crippen LogP contribution is -2.53. The average molecular weight is 550 g/mol. The molecular weight excluding hydrogens is 517 g/mol. The quantitative estimate of drug-likeness (QED) is 0.357. The molecule has 5 rings (SSSR count). The van der Waals surface area contributed by atoms with Gasteiger partial charge in [-0.1, -0.05) is 17.7 Å². The third kappa shape index (κ3) is 5.18. The minimum Gasteiger partial charge on any atom is -0.505 e. The van der Waals surface area contributed by atoms with E-state index in [1.165, 1.54) is 15.2 Å². The van der Waals surface area contributed by atoms with Crippen molar-refractivity contribution in [3.8, 4) is 33.8 Å². The second kappa shape index (κ2) is 10.2. The van der Waals surface area contributed by atoms with Gasteiger partial charge in [0.1, 0.15) is 17.3 Å². The van der Waals surface area contributed by atoms with Crippen LogP contribution in [-0.2, 0) is 7.05 Å². The van der Waals surface area contributed by atoms with Crippen LogP contribution in [0.15, 0.2) is 59.7 Å². The Morgan fingerprint density at radius 1 is 0.949 bits per heavy atom. The van der Waals surface area contributed by atoms with E-state index in [0.717, 1.165) is 13.1 Å². The number of rotatable bonds is 4. The molecule has 0 radical (unpaired) electrons. The molecule has 1 N–H and O–H groups in total. The minimum atomic E-state index is -0.297. The number of imidazole rings is 1. The van der Waals surface area contributed by atoms with E-state index in [4.69, 9.17) is 11.6 Å². The van der Waals surface area contributed by atoms with Crippen molar-refractivity contribution in [2.75, 3.05) is 31.1 Å². The van der Waals surface area contributed by atoms with Crippen molar-refractivity contribution in [1.29, 1.82) is 0 Å². The number of aryl methyl sites for hydroxylation is 2. The van der Waals surface area contributed by atoms with Gasteiger partial charge in [-0.3, -0.25) is 9.47 Å². The molecule has 39 heavy (non-hydrogen) atoms. The summed E-state index contributed by atoms with van der Waals surface area (Å²) in [6, 6.07) is 11.9. The van der Waals surface area contributed by atoms with Crippen molar-refractivity contribution in [1.82, 2.24) is 19.0 Å². The molecule has 7 nitrogen and oxygen atoms in total. The number of pyridine rings is 1. The molecule has 2 aromatic heterocycles. The molecule has 0 bridgehead atoms. The molecule has 3 heterocycles. The molecule has 0 atom stereocenters. The van der Waals surface area contributed by atoms with Gasteiger partial charge in [-0.2, -0.15) is 0 Å². The van der Waals surface area contributed by atoms with Crippen LogP contribution in [0.25, 0.3) is 28.1 Å². The Hall–Kier alpha value is -3.62. The highest BCUT2D eigenvalue weighted by Crippen LogP contribution is 2.40. The summed E-state index contributed by atoms with van der Waals surface area (Å²) in [5.41, 5.74) is 3.84. The summed E-state index contributed by atoms with van der Waals surface area (Å²) in [5, 5.41) is 11.7. The predicted molar refractivity (Wildman–Crippen MR) is 155 cm³/mol. The smallest absolute Gasteiger partial charge is 0.332 e. The summed E-state index contributed by atoms with van der Waals surface area (Å²) >= 11 is 6.59. The first-order valence-electron chi connectivity index (χ1n) is 13.0. The first-order valence-corrected chi connectivity index (χ1v) is 13.4. The van der Waals surface area contributed by atoms with Gasteiger partial charge in [0, 0.05) is 68.0 Å². The van der Waals surface area contributed by atoms with Gasteiger partial charge in [0.2, 0.25) is 0 Å². The molecule has 1 fully saturated rings. The second-order valence-electron chi connectivity index (χ2n) is 11.0. The van der Waals surface area contributed by atoms with Crippen LogP contribution in [0.1, 0.15) is 26.5 Å². The number of piperazine rings is 1. The molecular formula is C30H33ClFN5O2. The predicted octanol–water partition coefficient (Wildman–Crippen LogP) is 5.63. The van der Waals surface area contributed by atoms with Crippen molar-refractivity contribution in [3.05, 3.63) is 81.9 Å². The molecule has 2 aromatic carbocycles. The highest BCUT2D eigenvalue weighted by Gasteiger charge is 2.27. The van der Waals surface area contributed by atoms with Crippen molar-refractivity contribution >= 4 is 17.3 Å². The Morgan fingerprint density at radius 2 is 1.64 bits per heavy atom. The Labute approximate surface area is 232 Å². The van der Waals surface area contributed by atoms with Crippen molar-refractivity contribution in [3.63, 3.8) is 0 Å². The standard InChI is InChI=1S/C30H33ClFN5O2/c1-19-16-22(20-7-9-25(23(31)17-20)37-15-10-34(5)29(37)39)28(38)27(33-19)21-6-8-24(32)26(18-21)35-11-13-36(14-12-35)30(2,3)4/h6-10,15-18,38H,11-14H2,1-5H3. The summed E-state index contributed by atoms with van der Waals surface area (Å²) in [6.45, 7) is 11.5. The fourth-order valence-electron chi connectivity index (χ4n) is 5.13. The summed E-state index contributed by atoms with van der Waals surface area (Å²) in [6.07, 6.45) is 3.32. The Morgan fingerprint density at radius 3 is 2.26 bits per heavy atom. The van der Waals surface area contributed by atoms with Crippen LogP contribution >= 0.6 is 11.6 Å².